The van der Waals surface area contributed by atoms with Crippen molar-refractivity contribution in [1.82, 2.24) is 4.57 Å². The van der Waals surface area contributed by atoms with E-state index in [1.54, 1.807) is 7.11 Å². The Balaban J connectivity index is 2.18. The van der Waals surface area contributed by atoms with Crippen LogP contribution in [0.25, 0.3) is 0 Å². The molecule has 18 heavy (non-hydrogen) atoms. The summed E-state index contributed by atoms with van der Waals surface area (Å²) in [7, 11) is 1.73. The summed E-state index contributed by atoms with van der Waals surface area (Å²) in [5.41, 5.74) is 0.680. The average molecular weight is 250 g/mol. The minimum atomic E-state index is -0.0639. The lowest BCUT2D eigenvalue weighted by Crippen LogP contribution is -2.46. The van der Waals surface area contributed by atoms with Crippen LogP contribution in [0.5, 0.6) is 0 Å². The van der Waals surface area contributed by atoms with E-state index in [0.717, 1.165) is 12.8 Å². The molecule has 0 saturated heterocycles. The van der Waals surface area contributed by atoms with Crippen LogP contribution in [0.1, 0.15) is 39.7 Å². The maximum atomic E-state index is 12.3. The number of nitrogens with one attached hydrogen (secondary N) is 1. The number of hydrogen-bond acceptors (Lipinski definition) is 3. The molecule has 0 radical (unpaired) electrons. The van der Waals surface area contributed by atoms with Gasteiger partial charge >= 0.3 is 0 Å². The summed E-state index contributed by atoms with van der Waals surface area (Å²) < 4.78 is 7.25. The van der Waals surface area contributed by atoms with Crippen molar-refractivity contribution in [3.8, 4) is 0 Å². The molecule has 1 aromatic heterocycles. The Labute approximate surface area is 108 Å². The zero-order valence-electron chi connectivity index (χ0n) is 11.6. The molecule has 0 atom stereocenters. The van der Waals surface area contributed by atoms with Crippen molar-refractivity contribution in [2.45, 2.75) is 51.3 Å². The standard InChI is InChI=1S/C14H22N2O2/c1-10(2)15-12-6-5-7-16(13(12)17)11-8-14(3,9-11)18-4/h5-7,10-11,15H,8-9H2,1-4H3. The molecule has 1 N–H and O–H groups in total. The van der Waals surface area contributed by atoms with Crippen molar-refractivity contribution >= 4 is 5.69 Å². The van der Waals surface area contributed by atoms with Crippen LogP contribution >= 0.6 is 0 Å². The first-order chi connectivity index (χ1) is 8.45. The predicted molar refractivity (Wildman–Crippen MR) is 73.1 cm³/mol. The Morgan fingerprint density at radius 1 is 1.50 bits per heavy atom. The largest absolute Gasteiger partial charge is 0.378 e. The van der Waals surface area contributed by atoms with Gasteiger partial charge in [0.05, 0.1) is 5.60 Å². The first kappa shape index (κ1) is 13.1. The molecule has 2 rings (SSSR count). The van der Waals surface area contributed by atoms with E-state index in [2.05, 4.69) is 12.2 Å². The molecular weight excluding hydrogens is 228 g/mol. The monoisotopic (exact) mass is 250 g/mol. The highest BCUT2D eigenvalue weighted by molar-refractivity contribution is 5.41. The van der Waals surface area contributed by atoms with Gasteiger partial charge in [-0.2, -0.15) is 0 Å². The van der Waals surface area contributed by atoms with E-state index in [1.165, 1.54) is 0 Å². The first-order valence-corrected chi connectivity index (χ1v) is 6.48. The second-order valence-electron chi connectivity index (χ2n) is 5.65. The van der Waals surface area contributed by atoms with Crippen LogP contribution in [0, 0.1) is 0 Å². The van der Waals surface area contributed by atoms with Crippen molar-refractivity contribution in [2.75, 3.05) is 12.4 Å². The Morgan fingerprint density at radius 3 is 2.72 bits per heavy atom. The smallest absolute Gasteiger partial charge is 0.274 e. The number of pyridine rings is 1. The highest BCUT2D eigenvalue weighted by Crippen LogP contribution is 2.42. The molecule has 0 amide bonds. The molecule has 0 aromatic carbocycles. The van der Waals surface area contributed by atoms with Crippen molar-refractivity contribution in [3.05, 3.63) is 28.7 Å². The number of methoxy groups -OCH3 is 1. The van der Waals surface area contributed by atoms with Gasteiger partial charge in [-0.15, -0.1) is 0 Å². The van der Waals surface area contributed by atoms with E-state index in [1.807, 2.05) is 36.7 Å². The minimum absolute atomic E-state index is 0.0639. The van der Waals surface area contributed by atoms with Crippen LogP contribution in [0.2, 0.25) is 0 Å². The van der Waals surface area contributed by atoms with Gasteiger partial charge in [0, 0.05) is 25.4 Å². The molecule has 0 aliphatic heterocycles. The maximum absolute atomic E-state index is 12.3. The van der Waals surface area contributed by atoms with E-state index in [9.17, 15) is 4.79 Å². The lowest BCUT2D eigenvalue weighted by molar-refractivity contribution is -0.0855. The fraction of sp³-hybridized carbons (Fsp3) is 0.643. The summed E-state index contributed by atoms with van der Waals surface area (Å²) in [4.78, 5) is 12.3. The molecule has 1 saturated carbocycles. The zero-order chi connectivity index (χ0) is 13.3. The average Bonchev–Trinajstić information content (AvgIpc) is 2.27. The molecular formula is C14H22N2O2. The van der Waals surface area contributed by atoms with Crippen LogP contribution in [-0.2, 0) is 4.74 Å². The molecule has 1 fully saturated rings. The van der Waals surface area contributed by atoms with Gasteiger partial charge in [-0.25, -0.2) is 0 Å². The van der Waals surface area contributed by atoms with Gasteiger partial charge in [0.25, 0.3) is 5.56 Å². The highest BCUT2D eigenvalue weighted by Gasteiger charge is 2.41. The molecule has 1 aliphatic carbocycles. The summed E-state index contributed by atoms with van der Waals surface area (Å²) >= 11 is 0. The van der Waals surface area contributed by atoms with E-state index in [0.29, 0.717) is 5.69 Å². The fourth-order valence-electron chi connectivity index (χ4n) is 2.52. The molecule has 0 unspecified atom stereocenters. The van der Waals surface area contributed by atoms with E-state index in [-0.39, 0.29) is 23.2 Å². The van der Waals surface area contributed by atoms with Gasteiger partial charge in [-0.1, -0.05) is 0 Å². The van der Waals surface area contributed by atoms with Gasteiger partial charge in [0.1, 0.15) is 5.69 Å². The van der Waals surface area contributed by atoms with Crippen molar-refractivity contribution in [1.29, 1.82) is 0 Å². The summed E-state index contributed by atoms with van der Waals surface area (Å²) in [5, 5.41) is 3.19. The summed E-state index contributed by atoms with van der Waals surface area (Å²) in [5.74, 6) is 0. The van der Waals surface area contributed by atoms with Crippen molar-refractivity contribution < 1.29 is 4.74 Å². The van der Waals surface area contributed by atoms with Crippen LogP contribution in [0.3, 0.4) is 0 Å². The normalized spacial score (nSPS) is 27.1. The van der Waals surface area contributed by atoms with Crippen molar-refractivity contribution in [3.63, 3.8) is 0 Å². The van der Waals surface area contributed by atoms with Gasteiger partial charge in [0.15, 0.2) is 0 Å². The third-order valence-electron chi connectivity index (χ3n) is 3.64. The first-order valence-electron chi connectivity index (χ1n) is 6.48. The number of rotatable bonds is 4. The number of anilines is 1. The third kappa shape index (κ3) is 2.43. The minimum Gasteiger partial charge on any atom is -0.378 e. The summed E-state index contributed by atoms with van der Waals surface area (Å²) in [6.07, 6.45) is 3.66. The fourth-order valence-corrected chi connectivity index (χ4v) is 2.52. The Bertz CT molecular complexity index is 473. The van der Waals surface area contributed by atoms with E-state index < -0.39 is 0 Å². The van der Waals surface area contributed by atoms with Crippen LogP contribution < -0.4 is 10.9 Å². The molecule has 1 aromatic rings. The maximum Gasteiger partial charge on any atom is 0.274 e. The van der Waals surface area contributed by atoms with Gasteiger partial charge < -0.3 is 14.6 Å². The van der Waals surface area contributed by atoms with Crippen LogP contribution in [0.15, 0.2) is 23.1 Å². The molecule has 4 heteroatoms. The molecule has 0 spiro atoms. The van der Waals surface area contributed by atoms with Gasteiger partial charge in [-0.3, -0.25) is 4.79 Å². The second-order valence-corrected chi connectivity index (χ2v) is 5.65. The topological polar surface area (TPSA) is 43.3 Å². The number of hydrogen-bond donors (Lipinski definition) is 1. The lowest BCUT2D eigenvalue weighted by atomic mass is 9.77. The lowest BCUT2D eigenvalue weighted by Gasteiger charge is -2.44. The molecule has 1 aliphatic rings. The van der Waals surface area contributed by atoms with Crippen LogP contribution in [0.4, 0.5) is 5.69 Å². The highest BCUT2D eigenvalue weighted by atomic mass is 16.5. The van der Waals surface area contributed by atoms with E-state index in [4.69, 9.17) is 4.74 Å². The predicted octanol–water partition coefficient (Wildman–Crippen LogP) is 2.41. The molecule has 1 heterocycles. The summed E-state index contributed by atoms with van der Waals surface area (Å²) in [6.45, 7) is 6.15. The van der Waals surface area contributed by atoms with Crippen LogP contribution in [-0.4, -0.2) is 23.3 Å². The Hall–Kier alpha value is -1.29. The molecule has 4 nitrogen and oxygen atoms in total. The number of ether oxygens (including phenoxy) is 1. The summed E-state index contributed by atoms with van der Waals surface area (Å²) in [6, 6.07) is 4.29. The second kappa shape index (κ2) is 4.76. The quantitative estimate of drug-likeness (QED) is 0.892. The van der Waals surface area contributed by atoms with Gasteiger partial charge in [0.2, 0.25) is 0 Å². The number of nitrogens with zero attached hydrogens (tertiary/aromatic N) is 1. The SMILES string of the molecule is COC1(C)CC(n2cccc(NC(C)C)c2=O)C1. The third-order valence-corrected chi connectivity index (χ3v) is 3.64. The Morgan fingerprint density at radius 2 is 2.17 bits per heavy atom. The Kier molecular flexibility index (Phi) is 3.48. The van der Waals surface area contributed by atoms with Gasteiger partial charge in [-0.05, 0) is 45.7 Å². The molecule has 100 valence electrons. The number of aromatic nitrogens is 1. The van der Waals surface area contributed by atoms with Crippen molar-refractivity contribution in [2.24, 2.45) is 0 Å². The zero-order valence-corrected chi connectivity index (χ0v) is 11.6. The molecule has 0 bridgehead atoms. The van der Waals surface area contributed by atoms with E-state index >= 15 is 0 Å².